The van der Waals surface area contributed by atoms with Crippen LogP contribution in [0.4, 0.5) is 0 Å². The van der Waals surface area contributed by atoms with Crippen LogP contribution >= 0.6 is 0 Å². The van der Waals surface area contributed by atoms with Gasteiger partial charge in [0.05, 0.1) is 5.69 Å². The topological polar surface area (TPSA) is 25.2 Å². The van der Waals surface area contributed by atoms with Crippen LogP contribution < -0.4 is 0 Å². The van der Waals surface area contributed by atoms with Crippen molar-refractivity contribution in [3.8, 4) is 0 Å². The normalized spacial score (nSPS) is 32.5. The van der Waals surface area contributed by atoms with Crippen molar-refractivity contribution in [3.05, 3.63) is 47.9 Å². The predicted molar refractivity (Wildman–Crippen MR) is 89.1 cm³/mol. The van der Waals surface area contributed by atoms with E-state index in [0.29, 0.717) is 11.3 Å². The second kappa shape index (κ2) is 5.25. The third kappa shape index (κ3) is 2.37. The van der Waals surface area contributed by atoms with Crippen molar-refractivity contribution in [1.29, 1.82) is 0 Å². The Hall–Kier alpha value is -1.70. The van der Waals surface area contributed by atoms with E-state index in [1.807, 2.05) is 12.3 Å². The van der Waals surface area contributed by atoms with Gasteiger partial charge in [0.15, 0.2) is 0 Å². The van der Waals surface area contributed by atoms with Crippen molar-refractivity contribution in [2.24, 2.45) is 22.2 Å². The summed E-state index contributed by atoms with van der Waals surface area (Å²) in [5.74, 6) is 1.26. The van der Waals surface area contributed by atoms with E-state index in [4.69, 9.17) is 4.99 Å². The maximum absolute atomic E-state index is 4.75. The number of allylic oxidation sites excluding steroid dienone is 4. The molecule has 1 aliphatic heterocycles. The summed E-state index contributed by atoms with van der Waals surface area (Å²) in [5.41, 5.74) is 5.15. The summed E-state index contributed by atoms with van der Waals surface area (Å²) in [5, 5.41) is 0. The van der Waals surface area contributed by atoms with Crippen LogP contribution in [-0.4, -0.2) is 10.7 Å². The molecule has 2 heteroatoms. The fourth-order valence-electron chi connectivity index (χ4n) is 4.00. The molecule has 2 nitrogen and oxygen atoms in total. The van der Waals surface area contributed by atoms with Crippen molar-refractivity contribution in [2.75, 3.05) is 0 Å². The van der Waals surface area contributed by atoms with E-state index in [-0.39, 0.29) is 0 Å². The molecule has 1 aromatic heterocycles. The van der Waals surface area contributed by atoms with Crippen LogP contribution in [0.25, 0.3) is 5.57 Å². The fourth-order valence-corrected chi connectivity index (χ4v) is 4.00. The third-order valence-electron chi connectivity index (χ3n) is 5.08. The lowest BCUT2D eigenvalue weighted by Crippen LogP contribution is -2.24. The Morgan fingerprint density at radius 2 is 2.05 bits per heavy atom. The van der Waals surface area contributed by atoms with Crippen molar-refractivity contribution in [1.82, 2.24) is 4.98 Å². The molecule has 0 aromatic carbocycles. The van der Waals surface area contributed by atoms with Gasteiger partial charge in [-0.05, 0) is 57.1 Å². The Balaban J connectivity index is 2.10. The number of nitrogens with zero attached hydrogens (tertiary/aromatic N) is 2. The summed E-state index contributed by atoms with van der Waals surface area (Å²) in [6.07, 6.45) is 8.86. The second-order valence-corrected chi connectivity index (χ2v) is 6.54. The minimum atomic E-state index is 0.306. The molecule has 3 unspecified atom stereocenters. The number of rotatable bonds is 3. The van der Waals surface area contributed by atoms with Crippen molar-refractivity contribution in [3.63, 3.8) is 0 Å². The molecule has 0 saturated heterocycles. The summed E-state index contributed by atoms with van der Waals surface area (Å²) >= 11 is 0. The first-order valence-corrected chi connectivity index (χ1v) is 7.88. The zero-order valence-electron chi connectivity index (χ0n) is 13.4. The zero-order valence-corrected chi connectivity index (χ0v) is 13.4. The van der Waals surface area contributed by atoms with Crippen molar-refractivity contribution in [2.45, 2.75) is 40.5 Å². The monoisotopic (exact) mass is 280 g/mol. The van der Waals surface area contributed by atoms with Gasteiger partial charge in [0.25, 0.3) is 0 Å². The molecular weight excluding hydrogens is 256 g/mol. The minimum Gasteiger partial charge on any atom is -0.262 e. The molecule has 2 heterocycles. The van der Waals surface area contributed by atoms with E-state index in [1.54, 1.807) is 0 Å². The quantitative estimate of drug-likeness (QED) is 0.723. The molecule has 0 radical (unpaired) electrons. The second-order valence-electron chi connectivity index (χ2n) is 6.54. The minimum absolute atomic E-state index is 0.306. The van der Waals surface area contributed by atoms with Gasteiger partial charge >= 0.3 is 0 Å². The number of aromatic nitrogens is 1. The van der Waals surface area contributed by atoms with E-state index >= 15 is 0 Å². The summed E-state index contributed by atoms with van der Waals surface area (Å²) < 4.78 is 0. The first-order chi connectivity index (χ1) is 10.1. The van der Waals surface area contributed by atoms with Gasteiger partial charge in [-0.25, -0.2) is 0 Å². The molecule has 3 rings (SSSR count). The Morgan fingerprint density at radius 3 is 2.62 bits per heavy atom. The number of hydrogen-bond donors (Lipinski definition) is 0. The molecule has 1 aliphatic carbocycles. The molecule has 1 aromatic rings. The van der Waals surface area contributed by atoms with Gasteiger partial charge in [0.1, 0.15) is 0 Å². The number of hydrogen-bond acceptors (Lipinski definition) is 2. The highest BCUT2D eigenvalue weighted by atomic mass is 14.8. The molecule has 3 atom stereocenters. The first-order valence-electron chi connectivity index (χ1n) is 7.88. The van der Waals surface area contributed by atoms with Crippen LogP contribution in [0.1, 0.15) is 46.2 Å². The van der Waals surface area contributed by atoms with Crippen molar-refractivity contribution >= 4 is 11.3 Å². The van der Waals surface area contributed by atoms with Gasteiger partial charge in [0.2, 0.25) is 0 Å². The van der Waals surface area contributed by atoms with Crippen molar-refractivity contribution < 1.29 is 0 Å². The lowest BCUT2D eigenvalue weighted by atomic mass is 9.74. The number of aliphatic imine (C=N–C) groups is 1. The standard InChI is InChI=1S/C19H24N2/c1-5-9-19(12-13(19)2)16-11-14(3)21-15(4)18(16)17-8-6-7-10-20-17/h5-10,13,16H,11-12H2,1-4H3. The summed E-state index contributed by atoms with van der Waals surface area (Å²) in [4.78, 5) is 9.35. The lowest BCUT2D eigenvalue weighted by molar-refractivity contribution is 0.442. The van der Waals surface area contributed by atoms with Gasteiger partial charge < -0.3 is 0 Å². The van der Waals surface area contributed by atoms with Crippen LogP contribution in [-0.2, 0) is 0 Å². The van der Waals surface area contributed by atoms with E-state index in [2.05, 4.69) is 57.0 Å². The Kier molecular flexibility index (Phi) is 3.56. The molecule has 0 spiro atoms. The Bertz CT molecular complexity index is 624. The van der Waals surface area contributed by atoms with Crippen LogP contribution in [0.3, 0.4) is 0 Å². The van der Waals surface area contributed by atoms with Crippen LogP contribution in [0.15, 0.2) is 47.2 Å². The highest BCUT2D eigenvalue weighted by molar-refractivity contribution is 5.89. The van der Waals surface area contributed by atoms with Crippen LogP contribution in [0.2, 0.25) is 0 Å². The van der Waals surface area contributed by atoms with E-state index < -0.39 is 0 Å². The van der Waals surface area contributed by atoms with E-state index in [0.717, 1.165) is 23.7 Å². The Morgan fingerprint density at radius 1 is 1.29 bits per heavy atom. The van der Waals surface area contributed by atoms with Gasteiger partial charge in [-0.1, -0.05) is 25.1 Å². The van der Waals surface area contributed by atoms with E-state index in [9.17, 15) is 0 Å². The molecule has 1 saturated carbocycles. The SMILES string of the molecule is CC=CC1(C2CC(C)=NC(C)=C2c2ccccn2)CC1C. The van der Waals surface area contributed by atoms with Crippen LogP contribution in [0, 0.1) is 17.3 Å². The van der Waals surface area contributed by atoms with E-state index in [1.165, 1.54) is 17.7 Å². The Labute approximate surface area is 127 Å². The largest absolute Gasteiger partial charge is 0.262 e. The fraction of sp³-hybridized carbons (Fsp3) is 0.474. The van der Waals surface area contributed by atoms with Gasteiger partial charge in [0, 0.05) is 29.1 Å². The number of pyridine rings is 1. The molecule has 2 aliphatic rings. The summed E-state index contributed by atoms with van der Waals surface area (Å²) in [6, 6.07) is 6.18. The maximum atomic E-state index is 4.75. The zero-order chi connectivity index (χ0) is 15.0. The first kappa shape index (κ1) is 14.2. The molecule has 0 N–H and O–H groups in total. The van der Waals surface area contributed by atoms with Gasteiger partial charge in [-0.2, -0.15) is 0 Å². The molecule has 21 heavy (non-hydrogen) atoms. The lowest BCUT2D eigenvalue weighted by Gasteiger charge is -2.32. The average Bonchev–Trinajstić information content (AvgIpc) is 3.10. The molecule has 0 amide bonds. The summed E-state index contributed by atoms with van der Waals surface area (Å²) in [6.45, 7) is 8.79. The third-order valence-corrected chi connectivity index (χ3v) is 5.08. The summed E-state index contributed by atoms with van der Waals surface area (Å²) in [7, 11) is 0. The van der Waals surface area contributed by atoms with Gasteiger partial charge in [-0.3, -0.25) is 9.98 Å². The average molecular weight is 280 g/mol. The van der Waals surface area contributed by atoms with Gasteiger partial charge in [-0.15, -0.1) is 0 Å². The molecule has 110 valence electrons. The predicted octanol–water partition coefficient (Wildman–Crippen LogP) is 4.90. The maximum Gasteiger partial charge on any atom is 0.0682 e. The molecule has 0 bridgehead atoms. The molecule has 1 fully saturated rings. The smallest absolute Gasteiger partial charge is 0.0682 e. The van der Waals surface area contributed by atoms with Crippen LogP contribution in [0.5, 0.6) is 0 Å². The highest BCUT2D eigenvalue weighted by Crippen LogP contribution is 2.63. The molecular formula is C19H24N2. The highest BCUT2D eigenvalue weighted by Gasteiger charge is 2.56.